The van der Waals surface area contributed by atoms with Gasteiger partial charge in [0.05, 0.1) is 11.5 Å². The Morgan fingerprint density at radius 3 is 2.10 bits per heavy atom. The van der Waals surface area contributed by atoms with E-state index in [0.717, 1.165) is 60.6 Å². The van der Waals surface area contributed by atoms with Crippen LogP contribution in [0.3, 0.4) is 0 Å². The summed E-state index contributed by atoms with van der Waals surface area (Å²) in [6, 6.07) is 16.7. The molecule has 0 spiro atoms. The number of halogens is 1. The van der Waals surface area contributed by atoms with Gasteiger partial charge >= 0.3 is 0 Å². The molecule has 5 aliphatic rings. The number of amides is 1. The van der Waals surface area contributed by atoms with Crippen molar-refractivity contribution in [3.05, 3.63) is 70.2 Å². The van der Waals surface area contributed by atoms with Crippen LogP contribution in [0.1, 0.15) is 61.3 Å². The van der Waals surface area contributed by atoms with Crippen LogP contribution in [0.5, 0.6) is 0 Å². The summed E-state index contributed by atoms with van der Waals surface area (Å²) < 4.78 is 0. The van der Waals surface area contributed by atoms with Crippen LogP contribution in [0.2, 0.25) is 5.02 Å². The highest BCUT2D eigenvalue weighted by Gasteiger charge is 2.56. The van der Waals surface area contributed by atoms with Crippen molar-refractivity contribution in [2.75, 3.05) is 6.54 Å². The van der Waals surface area contributed by atoms with Gasteiger partial charge in [-0.25, -0.2) is 0 Å². The van der Waals surface area contributed by atoms with E-state index in [-0.39, 0.29) is 11.5 Å². The van der Waals surface area contributed by atoms with Gasteiger partial charge < -0.3 is 4.90 Å². The fourth-order valence-corrected chi connectivity index (χ4v) is 7.73. The molecule has 2 aromatic carbocycles. The van der Waals surface area contributed by atoms with Gasteiger partial charge in [-0.15, -0.1) is 0 Å². The average molecular weight is 406 g/mol. The van der Waals surface area contributed by atoms with Gasteiger partial charge in [-0.2, -0.15) is 0 Å². The van der Waals surface area contributed by atoms with Gasteiger partial charge in [-0.05, 0) is 85.5 Å². The third-order valence-corrected chi connectivity index (χ3v) is 8.58. The predicted molar refractivity (Wildman–Crippen MR) is 116 cm³/mol. The van der Waals surface area contributed by atoms with E-state index in [1.165, 1.54) is 30.4 Å². The smallest absolute Gasteiger partial charge is 0.229 e. The molecule has 0 unspecified atom stereocenters. The first kappa shape index (κ1) is 18.0. The molecular formula is C26H28ClNO. The van der Waals surface area contributed by atoms with Crippen LogP contribution in [-0.4, -0.2) is 17.4 Å². The molecule has 150 valence electrons. The number of nitrogens with zero attached hydrogens (tertiary/aromatic N) is 1. The lowest BCUT2D eigenvalue weighted by molar-refractivity contribution is -0.159. The van der Waals surface area contributed by atoms with Crippen LogP contribution in [0.15, 0.2) is 48.5 Å². The molecule has 0 radical (unpaired) electrons. The molecule has 1 heterocycles. The van der Waals surface area contributed by atoms with Gasteiger partial charge in [0, 0.05) is 11.6 Å². The maximum absolute atomic E-state index is 14.2. The third kappa shape index (κ3) is 2.79. The number of benzene rings is 2. The molecule has 0 aromatic heterocycles. The van der Waals surface area contributed by atoms with Gasteiger partial charge in [0.2, 0.25) is 5.91 Å². The van der Waals surface area contributed by atoms with Crippen LogP contribution in [-0.2, 0) is 11.2 Å². The molecule has 29 heavy (non-hydrogen) atoms. The lowest BCUT2D eigenvalue weighted by Crippen LogP contribution is -2.56. The molecule has 4 saturated carbocycles. The Kier molecular flexibility index (Phi) is 4.10. The summed E-state index contributed by atoms with van der Waals surface area (Å²) in [7, 11) is 0. The summed E-state index contributed by atoms with van der Waals surface area (Å²) in [5.41, 5.74) is 3.57. The van der Waals surface area contributed by atoms with Gasteiger partial charge in [0.25, 0.3) is 0 Å². The average Bonchev–Trinajstić information content (AvgIpc) is 2.72. The van der Waals surface area contributed by atoms with Crippen molar-refractivity contribution in [2.45, 2.75) is 51.0 Å². The Hall–Kier alpha value is -1.80. The van der Waals surface area contributed by atoms with E-state index < -0.39 is 0 Å². The molecule has 1 aliphatic heterocycles. The Morgan fingerprint density at radius 1 is 0.862 bits per heavy atom. The van der Waals surface area contributed by atoms with Crippen molar-refractivity contribution in [1.29, 1.82) is 0 Å². The first-order valence-corrected chi connectivity index (χ1v) is 11.6. The first-order chi connectivity index (χ1) is 14.1. The zero-order valence-corrected chi connectivity index (χ0v) is 17.6. The Balaban J connectivity index is 1.43. The minimum absolute atomic E-state index is 0.0610. The second-order valence-corrected chi connectivity index (χ2v) is 10.5. The maximum Gasteiger partial charge on any atom is 0.229 e. The largest absolute Gasteiger partial charge is 0.331 e. The summed E-state index contributed by atoms with van der Waals surface area (Å²) in [5.74, 6) is 2.75. The molecule has 3 heteroatoms. The quantitative estimate of drug-likeness (QED) is 0.597. The fourth-order valence-electron chi connectivity index (χ4n) is 7.49. The molecule has 1 amide bonds. The van der Waals surface area contributed by atoms with Crippen molar-refractivity contribution in [3.8, 4) is 0 Å². The lowest BCUT2D eigenvalue weighted by Gasteiger charge is -2.57. The van der Waals surface area contributed by atoms with E-state index in [0.29, 0.717) is 5.91 Å². The van der Waals surface area contributed by atoms with E-state index in [9.17, 15) is 4.79 Å². The van der Waals surface area contributed by atoms with Crippen LogP contribution >= 0.6 is 11.6 Å². The molecule has 2 nitrogen and oxygen atoms in total. The number of fused-ring (bicyclic) bond motifs is 1. The summed E-state index contributed by atoms with van der Waals surface area (Å²) >= 11 is 6.68. The number of hydrogen-bond acceptors (Lipinski definition) is 1. The van der Waals surface area contributed by atoms with E-state index in [1.54, 1.807) is 0 Å². The zero-order valence-electron chi connectivity index (χ0n) is 16.8. The highest BCUT2D eigenvalue weighted by Crippen LogP contribution is 2.61. The standard InChI is InChI=1S/C26H28ClNO/c27-23-8-4-3-7-22(23)24-21-6-2-1-5-20(21)9-10-28(24)25(29)26-14-17-11-18(15-26)13-19(12-17)16-26/h1-8,17-19,24H,9-16H2/t17?,18?,19?,24-,26?/m0/s1. The topological polar surface area (TPSA) is 20.3 Å². The van der Waals surface area contributed by atoms with Crippen molar-refractivity contribution in [2.24, 2.45) is 23.2 Å². The Morgan fingerprint density at radius 2 is 1.45 bits per heavy atom. The second kappa shape index (κ2) is 6.60. The zero-order chi connectivity index (χ0) is 19.6. The van der Waals surface area contributed by atoms with Crippen LogP contribution in [0.25, 0.3) is 0 Å². The van der Waals surface area contributed by atoms with Crippen molar-refractivity contribution in [3.63, 3.8) is 0 Å². The lowest BCUT2D eigenvalue weighted by atomic mass is 9.49. The predicted octanol–water partition coefficient (Wildman–Crippen LogP) is 6.03. The molecular weight excluding hydrogens is 378 g/mol. The minimum Gasteiger partial charge on any atom is -0.331 e. The van der Waals surface area contributed by atoms with E-state index in [1.807, 2.05) is 18.2 Å². The van der Waals surface area contributed by atoms with Crippen molar-refractivity contribution < 1.29 is 4.79 Å². The molecule has 1 atom stereocenters. The summed E-state index contributed by atoms with van der Waals surface area (Å²) in [6.45, 7) is 0.799. The Labute approximate surface area is 178 Å². The highest BCUT2D eigenvalue weighted by molar-refractivity contribution is 6.31. The third-order valence-electron chi connectivity index (χ3n) is 8.24. The normalized spacial score (nSPS) is 34.9. The SMILES string of the molecule is O=C(N1CCc2ccccc2[C@H]1c1ccccc1Cl)C12CC3CC(CC(C3)C1)C2. The molecule has 4 aliphatic carbocycles. The summed E-state index contributed by atoms with van der Waals surface area (Å²) in [5, 5.41) is 0.762. The van der Waals surface area contributed by atoms with Crippen LogP contribution in [0, 0.1) is 23.2 Å². The first-order valence-electron chi connectivity index (χ1n) is 11.3. The van der Waals surface area contributed by atoms with Gasteiger partial charge in [-0.1, -0.05) is 54.1 Å². The molecule has 4 fully saturated rings. The van der Waals surface area contributed by atoms with E-state index in [2.05, 4.69) is 35.2 Å². The molecule has 0 saturated heterocycles. The minimum atomic E-state index is -0.111. The van der Waals surface area contributed by atoms with Gasteiger partial charge in [0.15, 0.2) is 0 Å². The van der Waals surface area contributed by atoms with Crippen molar-refractivity contribution in [1.82, 2.24) is 4.90 Å². The van der Waals surface area contributed by atoms with E-state index in [4.69, 9.17) is 11.6 Å². The fraction of sp³-hybridized carbons (Fsp3) is 0.500. The maximum atomic E-state index is 14.2. The highest BCUT2D eigenvalue weighted by atomic mass is 35.5. The van der Waals surface area contributed by atoms with Crippen LogP contribution < -0.4 is 0 Å². The van der Waals surface area contributed by atoms with Gasteiger partial charge in [0.1, 0.15) is 0 Å². The number of carbonyl (C=O) groups is 1. The second-order valence-electron chi connectivity index (χ2n) is 10.1. The van der Waals surface area contributed by atoms with Crippen molar-refractivity contribution >= 4 is 17.5 Å². The Bertz CT molecular complexity index is 931. The number of rotatable bonds is 2. The van der Waals surface area contributed by atoms with Crippen LogP contribution in [0.4, 0.5) is 0 Å². The summed E-state index contributed by atoms with van der Waals surface area (Å²) in [6.07, 6.45) is 8.38. The molecule has 7 rings (SSSR count). The van der Waals surface area contributed by atoms with Gasteiger partial charge in [-0.3, -0.25) is 4.79 Å². The molecule has 4 bridgehead atoms. The van der Waals surface area contributed by atoms with E-state index >= 15 is 0 Å². The summed E-state index contributed by atoms with van der Waals surface area (Å²) in [4.78, 5) is 16.4. The molecule has 2 aromatic rings. The molecule has 0 N–H and O–H groups in total. The number of carbonyl (C=O) groups excluding carboxylic acids is 1. The number of hydrogen-bond donors (Lipinski definition) is 0. The monoisotopic (exact) mass is 405 g/mol.